The summed E-state index contributed by atoms with van der Waals surface area (Å²) in [5, 5.41) is 6.85. The first-order chi connectivity index (χ1) is 9.66. The third-order valence-corrected chi connectivity index (χ3v) is 4.09. The zero-order valence-electron chi connectivity index (χ0n) is 10.3. The number of nitrogens with one attached hydrogen (secondary N) is 2. The molecule has 4 nitrogen and oxygen atoms in total. The van der Waals surface area contributed by atoms with Crippen LogP contribution in [0.2, 0.25) is 0 Å². The number of amides is 1. The van der Waals surface area contributed by atoms with E-state index in [0.29, 0.717) is 15.2 Å². The highest BCUT2D eigenvalue weighted by Crippen LogP contribution is 2.31. The molecule has 6 heteroatoms. The minimum atomic E-state index is -0.190. The molecule has 1 amide bonds. The van der Waals surface area contributed by atoms with Crippen LogP contribution >= 0.6 is 23.6 Å². The van der Waals surface area contributed by atoms with Crippen LogP contribution in [0.3, 0.4) is 0 Å². The molecule has 0 aliphatic carbocycles. The Hall–Kier alpha value is -2.18. The van der Waals surface area contributed by atoms with E-state index in [1.807, 2.05) is 35.7 Å². The molecule has 0 aliphatic heterocycles. The first kappa shape index (κ1) is 12.8. The van der Waals surface area contributed by atoms with Gasteiger partial charge in [0.1, 0.15) is 4.64 Å². The van der Waals surface area contributed by atoms with Gasteiger partial charge in [-0.2, -0.15) is 0 Å². The lowest BCUT2D eigenvalue weighted by atomic mass is 10.1. The van der Waals surface area contributed by atoms with Crippen LogP contribution < -0.4 is 11.1 Å². The smallest absolute Gasteiger partial charge is 0.257 e. The number of pyridine rings is 1. The number of hydrogen-bond donors (Lipinski definition) is 3. The Balaban J connectivity index is 2.05. The van der Waals surface area contributed by atoms with Gasteiger partial charge in [-0.1, -0.05) is 30.4 Å². The molecule has 0 bridgehead atoms. The number of nitrogen functional groups attached to an aromatic ring is 1. The van der Waals surface area contributed by atoms with Gasteiger partial charge in [-0.25, -0.2) is 0 Å². The van der Waals surface area contributed by atoms with Crippen LogP contribution in [0.25, 0.3) is 10.8 Å². The summed E-state index contributed by atoms with van der Waals surface area (Å²) in [7, 11) is 0. The van der Waals surface area contributed by atoms with Gasteiger partial charge in [0.15, 0.2) is 0 Å². The summed E-state index contributed by atoms with van der Waals surface area (Å²) in [4.78, 5) is 15.3. The second kappa shape index (κ2) is 5.07. The SMILES string of the molecule is Nc1scc2c(C(=O)Nc3ccccc3)c[nH]c(=S)c12. The summed E-state index contributed by atoms with van der Waals surface area (Å²) in [6.07, 6.45) is 1.62. The molecule has 0 aliphatic rings. The number of nitrogens with two attached hydrogens (primary N) is 1. The fourth-order valence-electron chi connectivity index (χ4n) is 2.00. The van der Waals surface area contributed by atoms with E-state index < -0.39 is 0 Å². The Bertz CT molecular complexity index is 836. The van der Waals surface area contributed by atoms with Crippen LogP contribution in [0.1, 0.15) is 10.4 Å². The predicted octanol–water partition coefficient (Wildman–Crippen LogP) is 3.79. The van der Waals surface area contributed by atoms with E-state index in [1.54, 1.807) is 6.20 Å². The van der Waals surface area contributed by atoms with Gasteiger partial charge in [-0.05, 0) is 12.1 Å². The third-order valence-electron chi connectivity index (χ3n) is 2.96. The highest BCUT2D eigenvalue weighted by Gasteiger charge is 2.14. The number of aromatic amines is 1. The summed E-state index contributed by atoms with van der Waals surface area (Å²) in [6.45, 7) is 0. The Kier molecular flexibility index (Phi) is 3.25. The van der Waals surface area contributed by atoms with E-state index in [1.165, 1.54) is 11.3 Å². The van der Waals surface area contributed by atoms with Crippen LogP contribution in [-0.4, -0.2) is 10.9 Å². The van der Waals surface area contributed by atoms with Crippen molar-refractivity contribution in [3.05, 3.63) is 52.1 Å². The van der Waals surface area contributed by atoms with Gasteiger partial charge in [-0.3, -0.25) is 4.79 Å². The highest BCUT2D eigenvalue weighted by molar-refractivity contribution is 7.71. The van der Waals surface area contributed by atoms with Crippen molar-refractivity contribution < 1.29 is 4.79 Å². The lowest BCUT2D eigenvalue weighted by Crippen LogP contribution is -2.12. The van der Waals surface area contributed by atoms with Crippen molar-refractivity contribution in [2.24, 2.45) is 0 Å². The van der Waals surface area contributed by atoms with Gasteiger partial charge in [0, 0.05) is 22.7 Å². The van der Waals surface area contributed by atoms with E-state index in [4.69, 9.17) is 18.0 Å². The lowest BCUT2D eigenvalue weighted by Gasteiger charge is -2.06. The molecule has 4 N–H and O–H groups in total. The molecule has 3 rings (SSSR count). The Labute approximate surface area is 124 Å². The van der Waals surface area contributed by atoms with Crippen LogP contribution in [0.5, 0.6) is 0 Å². The average Bonchev–Trinajstić information content (AvgIpc) is 2.83. The van der Waals surface area contributed by atoms with E-state index in [-0.39, 0.29) is 5.91 Å². The molecule has 0 fully saturated rings. The first-order valence-corrected chi connectivity index (χ1v) is 7.20. The molecule has 1 aromatic carbocycles. The third kappa shape index (κ3) is 2.19. The number of thiophene rings is 1. The maximum absolute atomic E-state index is 12.3. The number of aromatic nitrogens is 1. The number of fused-ring (bicyclic) bond motifs is 1. The molecule has 100 valence electrons. The number of benzene rings is 1. The van der Waals surface area contributed by atoms with E-state index in [9.17, 15) is 4.79 Å². The summed E-state index contributed by atoms with van der Waals surface area (Å²) < 4.78 is 0.551. The molecule has 2 heterocycles. The second-order valence-corrected chi connectivity index (χ2v) is 5.56. The molecule has 2 aromatic heterocycles. The maximum atomic E-state index is 12.3. The van der Waals surface area contributed by atoms with Crippen molar-refractivity contribution in [1.29, 1.82) is 0 Å². The summed E-state index contributed by atoms with van der Waals surface area (Å²) in [5.41, 5.74) is 7.18. The van der Waals surface area contributed by atoms with Gasteiger partial charge in [0.2, 0.25) is 0 Å². The predicted molar refractivity (Wildman–Crippen MR) is 85.8 cm³/mol. The fourth-order valence-corrected chi connectivity index (χ4v) is 3.16. The van der Waals surface area contributed by atoms with Crippen LogP contribution in [-0.2, 0) is 0 Å². The van der Waals surface area contributed by atoms with Gasteiger partial charge in [-0.15, -0.1) is 11.3 Å². The molecule has 0 unspecified atom stereocenters. The zero-order valence-corrected chi connectivity index (χ0v) is 12.0. The number of rotatable bonds is 2. The minimum absolute atomic E-state index is 0.190. The van der Waals surface area contributed by atoms with Crippen molar-refractivity contribution in [2.45, 2.75) is 0 Å². The number of anilines is 2. The van der Waals surface area contributed by atoms with Crippen molar-refractivity contribution in [3.63, 3.8) is 0 Å². The molecule has 0 spiro atoms. The molecule has 0 atom stereocenters. The zero-order chi connectivity index (χ0) is 14.1. The molecule has 0 radical (unpaired) electrons. The van der Waals surface area contributed by atoms with E-state index in [2.05, 4.69) is 10.3 Å². The average molecular weight is 301 g/mol. The number of carbonyl (C=O) groups excluding carboxylic acids is 1. The highest BCUT2D eigenvalue weighted by atomic mass is 32.1. The number of carbonyl (C=O) groups is 1. The fraction of sp³-hybridized carbons (Fsp3) is 0. The standard InChI is InChI=1S/C14H11N3OS2/c15-12-11-10(7-20-12)9(6-16-14(11)19)13(18)17-8-4-2-1-3-5-8/h1-7H,15H2,(H,16,19)(H,17,18). The van der Waals surface area contributed by atoms with Crippen molar-refractivity contribution >= 4 is 50.9 Å². The maximum Gasteiger partial charge on any atom is 0.257 e. The van der Waals surface area contributed by atoms with Gasteiger partial charge in [0.05, 0.1) is 16.0 Å². The van der Waals surface area contributed by atoms with Crippen LogP contribution in [0.15, 0.2) is 41.9 Å². The molecular formula is C14H11N3OS2. The number of hydrogen-bond acceptors (Lipinski definition) is 4. The summed E-state index contributed by atoms with van der Waals surface area (Å²) in [5.74, 6) is -0.190. The monoisotopic (exact) mass is 301 g/mol. The summed E-state index contributed by atoms with van der Waals surface area (Å²) in [6, 6.07) is 9.30. The number of para-hydroxylation sites is 1. The topological polar surface area (TPSA) is 70.9 Å². The van der Waals surface area contributed by atoms with Crippen LogP contribution in [0, 0.1) is 4.64 Å². The van der Waals surface area contributed by atoms with Crippen LogP contribution in [0.4, 0.5) is 10.7 Å². The molecular weight excluding hydrogens is 290 g/mol. The quantitative estimate of drug-likeness (QED) is 0.631. The van der Waals surface area contributed by atoms with Gasteiger partial charge >= 0.3 is 0 Å². The lowest BCUT2D eigenvalue weighted by molar-refractivity contribution is 0.102. The second-order valence-electron chi connectivity index (χ2n) is 4.24. The Morgan fingerprint density at radius 1 is 1.30 bits per heavy atom. The number of H-pyrrole nitrogens is 1. The molecule has 0 saturated heterocycles. The van der Waals surface area contributed by atoms with Crippen molar-refractivity contribution in [3.8, 4) is 0 Å². The summed E-state index contributed by atoms with van der Waals surface area (Å²) >= 11 is 6.59. The van der Waals surface area contributed by atoms with E-state index >= 15 is 0 Å². The van der Waals surface area contributed by atoms with Crippen molar-refractivity contribution in [2.75, 3.05) is 11.1 Å². The molecule has 3 aromatic rings. The Morgan fingerprint density at radius 2 is 2.05 bits per heavy atom. The van der Waals surface area contributed by atoms with Gasteiger partial charge in [0.25, 0.3) is 5.91 Å². The molecule has 0 saturated carbocycles. The largest absolute Gasteiger partial charge is 0.390 e. The Morgan fingerprint density at radius 3 is 2.80 bits per heavy atom. The van der Waals surface area contributed by atoms with E-state index in [0.717, 1.165) is 16.5 Å². The van der Waals surface area contributed by atoms with Crippen molar-refractivity contribution in [1.82, 2.24) is 4.98 Å². The first-order valence-electron chi connectivity index (χ1n) is 5.91. The molecule has 20 heavy (non-hydrogen) atoms. The van der Waals surface area contributed by atoms with Gasteiger partial charge < -0.3 is 16.0 Å². The normalized spacial score (nSPS) is 10.6. The minimum Gasteiger partial charge on any atom is -0.390 e.